The van der Waals surface area contributed by atoms with E-state index in [-0.39, 0.29) is 5.91 Å². The van der Waals surface area contributed by atoms with Gasteiger partial charge in [0.25, 0.3) is 0 Å². The van der Waals surface area contributed by atoms with Crippen LogP contribution in [0.15, 0.2) is 59.9 Å². The topological polar surface area (TPSA) is 67.2 Å². The summed E-state index contributed by atoms with van der Waals surface area (Å²) in [6.45, 7) is 14.3. The van der Waals surface area contributed by atoms with Crippen LogP contribution in [0.5, 0.6) is 0 Å². The molecule has 0 radical (unpaired) electrons. The minimum absolute atomic E-state index is 0.137. The van der Waals surface area contributed by atoms with Crippen LogP contribution in [0.25, 0.3) is 27.0 Å². The van der Waals surface area contributed by atoms with E-state index >= 15 is 0 Å². The van der Waals surface area contributed by atoms with Gasteiger partial charge in [0, 0.05) is 30.6 Å². The second-order valence-corrected chi connectivity index (χ2v) is 9.35. The lowest BCUT2D eigenvalue weighted by molar-refractivity contribution is -0.114. The molecule has 1 amide bonds. The molecule has 3 rings (SSSR count). The lowest BCUT2D eigenvalue weighted by atomic mass is 9.97. The Kier molecular flexibility index (Phi) is 8.28. The van der Waals surface area contributed by atoms with Gasteiger partial charge in [0.15, 0.2) is 5.13 Å². The standard InChI is InChI=1S/C27H32N4OS/c1-7-17(3)13-22(16-29-19(5)18(4)8-2)21-14-23(24-11-9-10-12-28-24)26-25(15-21)31-27(33-26)30-20(6)32/h9-18H,5,7-8H2,1-4,6H3,(H,30,31,32)/b22-13+,29-16?. The van der Waals surface area contributed by atoms with E-state index in [1.807, 2.05) is 24.4 Å². The van der Waals surface area contributed by atoms with Gasteiger partial charge < -0.3 is 5.32 Å². The first kappa shape index (κ1) is 24.5. The van der Waals surface area contributed by atoms with Crippen molar-refractivity contribution >= 4 is 44.4 Å². The van der Waals surface area contributed by atoms with Crippen molar-refractivity contribution in [1.82, 2.24) is 9.97 Å². The Morgan fingerprint density at radius 3 is 2.67 bits per heavy atom. The van der Waals surface area contributed by atoms with Crippen molar-refractivity contribution in [3.63, 3.8) is 0 Å². The van der Waals surface area contributed by atoms with Crippen LogP contribution in [-0.2, 0) is 4.79 Å². The number of rotatable bonds is 9. The molecule has 2 atom stereocenters. The van der Waals surface area contributed by atoms with Gasteiger partial charge in [-0.1, -0.05) is 64.2 Å². The minimum atomic E-state index is -0.137. The van der Waals surface area contributed by atoms with Crippen LogP contribution in [0.2, 0.25) is 0 Å². The van der Waals surface area contributed by atoms with Crippen molar-refractivity contribution < 1.29 is 4.79 Å². The Hall–Kier alpha value is -3.12. The highest BCUT2D eigenvalue weighted by atomic mass is 32.1. The number of aliphatic imine (C=N–C) groups is 1. The van der Waals surface area contributed by atoms with Gasteiger partial charge >= 0.3 is 0 Å². The van der Waals surface area contributed by atoms with Crippen LogP contribution >= 0.6 is 11.3 Å². The van der Waals surface area contributed by atoms with Gasteiger partial charge in [0.05, 0.1) is 15.9 Å². The highest BCUT2D eigenvalue weighted by molar-refractivity contribution is 7.22. The Morgan fingerprint density at radius 1 is 1.24 bits per heavy atom. The summed E-state index contributed by atoms with van der Waals surface area (Å²) in [5.74, 6) is 0.584. The molecule has 0 spiro atoms. The number of amides is 1. The lowest BCUT2D eigenvalue weighted by Crippen LogP contribution is -2.04. The van der Waals surface area contributed by atoms with Gasteiger partial charge in [0.1, 0.15) is 0 Å². The average Bonchev–Trinajstić information content (AvgIpc) is 3.22. The van der Waals surface area contributed by atoms with Gasteiger partial charge in [0.2, 0.25) is 5.91 Å². The maximum atomic E-state index is 11.6. The third kappa shape index (κ3) is 6.23. The van der Waals surface area contributed by atoms with E-state index < -0.39 is 0 Å². The van der Waals surface area contributed by atoms with Crippen molar-refractivity contribution in [2.75, 3.05) is 5.32 Å². The van der Waals surface area contributed by atoms with Gasteiger partial charge in [-0.2, -0.15) is 0 Å². The van der Waals surface area contributed by atoms with Crippen molar-refractivity contribution in [3.8, 4) is 11.3 Å². The molecule has 33 heavy (non-hydrogen) atoms. The zero-order chi connectivity index (χ0) is 24.0. The summed E-state index contributed by atoms with van der Waals surface area (Å²) < 4.78 is 0.991. The summed E-state index contributed by atoms with van der Waals surface area (Å²) in [6.07, 6.45) is 7.99. The molecule has 2 unspecified atom stereocenters. The quantitative estimate of drug-likeness (QED) is 0.339. The molecular formula is C27H32N4OS. The van der Waals surface area contributed by atoms with Crippen molar-refractivity contribution in [3.05, 3.63) is 60.4 Å². The molecule has 172 valence electrons. The molecular weight excluding hydrogens is 428 g/mol. The molecule has 0 aliphatic rings. The van der Waals surface area contributed by atoms with E-state index in [2.05, 4.69) is 67.8 Å². The molecule has 6 heteroatoms. The number of carbonyl (C=O) groups excluding carboxylic acids is 1. The number of allylic oxidation sites excluding steroid dienone is 3. The van der Waals surface area contributed by atoms with E-state index in [0.717, 1.165) is 51.1 Å². The molecule has 0 aliphatic carbocycles. The van der Waals surface area contributed by atoms with Gasteiger partial charge in [-0.15, -0.1) is 0 Å². The second kappa shape index (κ2) is 11.1. The van der Waals surface area contributed by atoms with Gasteiger partial charge in [-0.25, -0.2) is 4.98 Å². The van der Waals surface area contributed by atoms with Gasteiger partial charge in [-0.05, 0) is 53.7 Å². The zero-order valence-electron chi connectivity index (χ0n) is 20.1. The van der Waals surface area contributed by atoms with Crippen LogP contribution < -0.4 is 5.32 Å². The van der Waals surface area contributed by atoms with Crippen LogP contribution in [-0.4, -0.2) is 22.1 Å². The SMILES string of the molecule is C=C(N=C/C(=C\C(C)CC)c1cc(-c2ccccn2)c2sc(NC(C)=O)nc2c1)C(C)CC. The predicted octanol–water partition coefficient (Wildman–Crippen LogP) is 7.38. The summed E-state index contributed by atoms with van der Waals surface area (Å²) in [6, 6.07) is 10.1. The number of nitrogens with one attached hydrogen (secondary N) is 1. The number of nitrogens with zero attached hydrogens (tertiary/aromatic N) is 3. The third-order valence-electron chi connectivity index (χ3n) is 5.71. The Morgan fingerprint density at radius 2 is 2.03 bits per heavy atom. The largest absolute Gasteiger partial charge is 0.302 e. The van der Waals surface area contributed by atoms with Crippen LogP contribution in [0.1, 0.15) is 53.0 Å². The van der Waals surface area contributed by atoms with E-state index in [4.69, 9.17) is 4.99 Å². The molecule has 1 aromatic carbocycles. The first-order chi connectivity index (χ1) is 15.8. The first-order valence-corrected chi connectivity index (χ1v) is 12.2. The number of pyridine rings is 1. The number of carbonyl (C=O) groups is 1. The molecule has 0 fully saturated rings. The highest BCUT2D eigenvalue weighted by Crippen LogP contribution is 2.37. The monoisotopic (exact) mass is 460 g/mol. The first-order valence-electron chi connectivity index (χ1n) is 11.4. The fourth-order valence-corrected chi connectivity index (χ4v) is 4.28. The summed E-state index contributed by atoms with van der Waals surface area (Å²) >= 11 is 1.46. The normalized spacial score (nSPS) is 13.9. The second-order valence-electron chi connectivity index (χ2n) is 8.35. The van der Waals surface area contributed by atoms with E-state index in [1.54, 1.807) is 6.20 Å². The molecule has 0 aliphatic heterocycles. The van der Waals surface area contributed by atoms with E-state index in [9.17, 15) is 4.79 Å². The molecule has 3 aromatic rings. The zero-order valence-corrected chi connectivity index (χ0v) is 20.9. The van der Waals surface area contributed by atoms with E-state index in [0.29, 0.717) is 17.0 Å². The number of fused-ring (bicyclic) bond motifs is 1. The Bertz CT molecular complexity index is 1190. The highest BCUT2D eigenvalue weighted by Gasteiger charge is 2.15. The fourth-order valence-electron chi connectivity index (χ4n) is 3.27. The summed E-state index contributed by atoms with van der Waals surface area (Å²) in [4.78, 5) is 25.6. The maximum absolute atomic E-state index is 11.6. The number of hydrogen-bond donors (Lipinski definition) is 1. The molecule has 2 aromatic heterocycles. The number of benzene rings is 1. The molecule has 0 bridgehead atoms. The summed E-state index contributed by atoms with van der Waals surface area (Å²) in [5, 5.41) is 3.40. The minimum Gasteiger partial charge on any atom is -0.302 e. The van der Waals surface area contributed by atoms with Crippen LogP contribution in [0.3, 0.4) is 0 Å². The molecule has 0 saturated heterocycles. The predicted molar refractivity (Wildman–Crippen MR) is 142 cm³/mol. The van der Waals surface area contributed by atoms with Crippen LogP contribution in [0.4, 0.5) is 5.13 Å². The Labute approximate surface area is 200 Å². The third-order valence-corrected chi connectivity index (χ3v) is 6.73. The van der Waals surface area contributed by atoms with Crippen molar-refractivity contribution in [2.24, 2.45) is 16.8 Å². The molecule has 5 nitrogen and oxygen atoms in total. The maximum Gasteiger partial charge on any atom is 0.223 e. The number of thiazole rings is 1. The molecule has 2 heterocycles. The van der Waals surface area contributed by atoms with Crippen LogP contribution in [0, 0.1) is 11.8 Å². The fraction of sp³-hybridized carbons (Fsp3) is 0.333. The van der Waals surface area contributed by atoms with Crippen molar-refractivity contribution in [2.45, 2.75) is 47.5 Å². The summed E-state index contributed by atoms with van der Waals surface area (Å²) in [5.41, 5.74) is 5.60. The average molecular weight is 461 g/mol. The summed E-state index contributed by atoms with van der Waals surface area (Å²) in [7, 11) is 0. The van der Waals surface area contributed by atoms with Gasteiger partial charge in [-0.3, -0.25) is 14.8 Å². The molecule has 0 saturated carbocycles. The van der Waals surface area contributed by atoms with Crippen molar-refractivity contribution in [1.29, 1.82) is 0 Å². The number of anilines is 1. The lowest BCUT2D eigenvalue weighted by Gasteiger charge is -2.11. The molecule has 1 N–H and O–H groups in total. The smallest absolute Gasteiger partial charge is 0.223 e. The number of hydrogen-bond acceptors (Lipinski definition) is 5. The van der Waals surface area contributed by atoms with E-state index in [1.165, 1.54) is 18.3 Å². The Balaban J connectivity index is 2.19. The number of aromatic nitrogens is 2.